The highest BCUT2D eigenvalue weighted by Crippen LogP contribution is 2.30. The number of amides is 1. The summed E-state index contributed by atoms with van der Waals surface area (Å²) in [5.41, 5.74) is 1.65. The molecule has 1 aliphatic heterocycles. The molecule has 6 heteroatoms. The lowest BCUT2D eigenvalue weighted by atomic mass is 10.1. The summed E-state index contributed by atoms with van der Waals surface area (Å²) in [6.45, 7) is 1.78. The number of nitrogens with zero attached hydrogens (tertiary/aromatic N) is 3. The molecule has 1 amide bonds. The molecule has 5 nitrogen and oxygen atoms in total. The van der Waals surface area contributed by atoms with Crippen LogP contribution in [-0.4, -0.2) is 35.0 Å². The van der Waals surface area contributed by atoms with E-state index in [1.165, 1.54) is 4.70 Å². The van der Waals surface area contributed by atoms with Gasteiger partial charge in [0.05, 0.1) is 15.8 Å². The highest BCUT2D eigenvalue weighted by Gasteiger charge is 2.24. The molecule has 24 heavy (non-hydrogen) atoms. The molecule has 1 fully saturated rings. The van der Waals surface area contributed by atoms with E-state index in [1.807, 2.05) is 18.2 Å². The van der Waals surface area contributed by atoms with Gasteiger partial charge in [0.2, 0.25) is 0 Å². The summed E-state index contributed by atoms with van der Waals surface area (Å²) in [5.74, 6) is -0.0563. The van der Waals surface area contributed by atoms with E-state index < -0.39 is 0 Å². The van der Waals surface area contributed by atoms with Crippen LogP contribution in [0.4, 0.5) is 5.13 Å². The Kier molecular flexibility index (Phi) is 4.13. The van der Waals surface area contributed by atoms with E-state index in [2.05, 4.69) is 21.3 Å². The van der Waals surface area contributed by atoms with Crippen molar-refractivity contribution in [2.24, 2.45) is 0 Å². The molecule has 1 atom stereocenters. The predicted molar refractivity (Wildman–Crippen MR) is 96.6 cm³/mol. The van der Waals surface area contributed by atoms with Gasteiger partial charge in [-0.3, -0.25) is 9.78 Å². The molecular formula is C18H18N4OS. The van der Waals surface area contributed by atoms with Crippen molar-refractivity contribution >= 4 is 32.6 Å². The summed E-state index contributed by atoms with van der Waals surface area (Å²) < 4.78 is 1.20. The topological polar surface area (TPSA) is 58.1 Å². The normalized spacial score (nSPS) is 17.8. The number of piperidine rings is 1. The number of carbonyl (C=O) groups excluding carboxylic acids is 1. The monoisotopic (exact) mass is 338 g/mol. The largest absolute Gasteiger partial charge is 0.347 e. The minimum atomic E-state index is -0.0563. The van der Waals surface area contributed by atoms with Crippen LogP contribution in [-0.2, 0) is 0 Å². The number of nitrogens with one attached hydrogen (secondary N) is 1. The smallest absolute Gasteiger partial charge is 0.253 e. The molecule has 0 saturated carbocycles. The number of hydrogen-bond acceptors (Lipinski definition) is 5. The molecule has 1 unspecified atom stereocenters. The molecule has 4 rings (SSSR count). The Labute approximate surface area is 144 Å². The zero-order valence-corrected chi connectivity index (χ0v) is 14.0. The third-order valence-electron chi connectivity index (χ3n) is 4.23. The number of hydrogen-bond donors (Lipinski definition) is 1. The van der Waals surface area contributed by atoms with Crippen molar-refractivity contribution in [3.8, 4) is 0 Å². The highest BCUT2D eigenvalue weighted by atomic mass is 32.1. The van der Waals surface area contributed by atoms with Gasteiger partial charge in [-0.25, -0.2) is 4.98 Å². The standard InChI is InChI=1S/C18H18N4OS/c23-17(13-5-3-9-19-11-13)20-14-6-4-10-22(12-14)18-21-15-7-1-2-8-16(15)24-18/h1-3,5,7-9,11,14H,4,6,10,12H2,(H,20,23). The first-order valence-electron chi connectivity index (χ1n) is 8.11. The predicted octanol–water partition coefficient (Wildman–Crippen LogP) is 3.09. The molecule has 1 aliphatic rings. The van der Waals surface area contributed by atoms with E-state index in [0.717, 1.165) is 36.6 Å². The molecule has 2 aromatic heterocycles. The van der Waals surface area contributed by atoms with Crippen molar-refractivity contribution in [2.75, 3.05) is 18.0 Å². The van der Waals surface area contributed by atoms with Gasteiger partial charge in [0.15, 0.2) is 5.13 Å². The maximum absolute atomic E-state index is 12.3. The summed E-state index contributed by atoms with van der Waals surface area (Å²) in [4.78, 5) is 23.3. The molecule has 1 N–H and O–H groups in total. The summed E-state index contributed by atoms with van der Waals surface area (Å²) in [5, 5.41) is 4.16. The van der Waals surface area contributed by atoms with Crippen LogP contribution in [0, 0.1) is 0 Å². The van der Waals surface area contributed by atoms with Gasteiger partial charge in [0.1, 0.15) is 0 Å². The first-order valence-corrected chi connectivity index (χ1v) is 8.93. The van der Waals surface area contributed by atoms with Gasteiger partial charge in [0, 0.05) is 31.5 Å². The molecule has 0 aliphatic carbocycles. The number of benzene rings is 1. The van der Waals surface area contributed by atoms with E-state index in [-0.39, 0.29) is 11.9 Å². The summed E-state index contributed by atoms with van der Waals surface area (Å²) >= 11 is 1.71. The van der Waals surface area contributed by atoms with Gasteiger partial charge < -0.3 is 10.2 Å². The Hall–Kier alpha value is -2.47. The van der Waals surface area contributed by atoms with E-state index >= 15 is 0 Å². The molecule has 1 saturated heterocycles. The molecule has 0 spiro atoms. The Morgan fingerprint density at radius 1 is 1.25 bits per heavy atom. The zero-order valence-electron chi connectivity index (χ0n) is 13.2. The fourth-order valence-corrected chi connectivity index (χ4v) is 4.03. The SMILES string of the molecule is O=C(NC1CCCN(c2nc3ccccc3s2)C1)c1cccnc1. The Balaban J connectivity index is 1.46. The number of fused-ring (bicyclic) bond motifs is 1. The quantitative estimate of drug-likeness (QED) is 0.797. The number of pyridine rings is 1. The van der Waals surface area contributed by atoms with Crippen LogP contribution in [0.5, 0.6) is 0 Å². The minimum Gasteiger partial charge on any atom is -0.347 e. The third kappa shape index (κ3) is 3.10. The van der Waals surface area contributed by atoms with Gasteiger partial charge in [-0.15, -0.1) is 0 Å². The number of thiazole rings is 1. The van der Waals surface area contributed by atoms with Crippen LogP contribution in [0.15, 0.2) is 48.8 Å². The van der Waals surface area contributed by atoms with Crippen LogP contribution in [0.25, 0.3) is 10.2 Å². The molecular weight excluding hydrogens is 320 g/mol. The third-order valence-corrected chi connectivity index (χ3v) is 5.33. The zero-order chi connectivity index (χ0) is 16.4. The van der Waals surface area contributed by atoms with Gasteiger partial charge >= 0.3 is 0 Å². The second kappa shape index (κ2) is 6.57. The molecule has 0 radical (unpaired) electrons. The van der Waals surface area contributed by atoms with Gasteiger partial charge in [-0.1, -0.05) is 23.5 Å². The number of carbonyl (C=O) groups is 1. The van der Waals surface area contributed by atoms with Crippen LogP contribution in [0.3, 0.4) is 0 Å². The number of rotatable bonds is 3. The lowest BCUT2D eigenvalue weighted by molar-refractivity contribution is 0.0933. The van der Waals surface area contributed by atoms with Gasteiger partial charge in [-0.2, -0.15) is 0 Å². The van der Waals surface area contributed by atoms with E-state index in [9.17, 15) is 4.79 Å². The van der Waals surface area contributed by atoms with E-state index in [1.54, 1.807) is 35.9 Å². The average molecular weight is 338 g/mol. The van der Waals surface area contributed by atoms with Crippen molar-refractivity contribution < 1.29 is 4.79 Å². The maximum Gasteiger partial charge on any atom is 0.253 e. The van der Waals surface area contributed by atoms with Crippen LogP contribution in [0.2, 0.25) is 0 Å². The van der Waals surface area contributed by atoms with Gasteiger partial charge in [-0.05, 0) is 37.1 Å². The van der Waals surface area contributed by atoms with Crippen molar-refractivity contribution in [3.63, 3.8) is 0 Å². The number of anilines is 1. The van der Waals surface area contributed by atoms with E-state index in [0.29, 0.717) is 5.56 Å². The summed E-state index contributed by atoms with van der Waals surface area (Å²) in [6, 6.07) is 11.9. The molecule has 1 aromatic carbocycles. The van der Waals surface area contributed by atoms with E-state index in [4.69, 9.17) is 4.98 Å². The second-order valence-corrected chi connectivity index (χ2v) is 6.97. The Morgan fingerprint density at radius 2 is 2.17 bits per heavy atom. The fraction of sp³-hybridized carbons (Fsp3) is 0.278. The fourth-order valence-electron chi connectivity index (χ4n) is 3.03. The second-order valence-electron chi connectivity index (χ2n) is 5.96. The van der Waals surface area contributed by atoms with Crippen LogP contribution in [0.1, 0.15) is 23.2 Å². The van der Waals surface area contributed by atoms with Crippen LogP contribution < -0.4 is 10.2 Å². The van der Waals surface area contributed by atoms with Crippen molar-refractivity contribution in [1.82, 2.24) is 15.3 Å². The lowest BCUT2D eigenvalue weighted by Gasteiger charge is -2.32. The minimum absolute atomic E-state index is 0.0563. The van der Waals surface area contributed by atoms with Crippen molar-refractivity contribution in [3.05, 3.63) is 54.4 Å². The van der Waals surface area contributed by atoms with Crippen LogP contribution >= 0.6 is 11.3 Å². The molecule has 0 bridgehead atoms. The van der Waals surface area contributed by atoms with Crippen molar-refractivity contribution in [1.29, 1.82) is 0 Å². The highest BCUT2D eigenvalue weighted by molar-refractivity contribution is 7.22. The maximum atomic E-state index is 12.3. The first-order chi connectivity index (χ1) is 11.8. The van der Waals surface area contributed by atoms with Crippen molar-refractivity contribution in [2.45, 2.75) is 18.9 Å². The Morgan fingerprint density at radius 3 is 3.00 bits per heavy atom. The Bertz CT molecular complexity index is 815. The molecule has 122 valence electrons. The van der Waals surface area contributed by atoms with Gasteiger partial charge in [0.25, 0.3) is 5.91 Å². The number of para-hydroxylation sites is 1. The molecule has 3 heterocycles. The number of aromatic nitrogens is 2. The summed E-state index contributed by atoms with van der Waals surface area (Å²) in [7, 11) is 0. The summed E-state index contributed by atoms with van der Waals surface area (Å²) in [6.07, 6.45) is 5.32. The first kappa shape index (κ1) is 15.1. The average Bonchev–Trinajstić information content (AvgIpc) is 3.07. The lowest BCUT2D eigenvalue weighted by Crippen LogP contribution is -2.47. The molecule has 3 aromatic rings.